The van der Waals surface area contributed by atoms with E-state index in [4.69, 9.17) is 9.47 Å². The lowest BCUT2D eigenvalue weighted by atomic mass is 9.86. The van der Waals surface area contributed by atoms with Crippen LogP contribution in [0.3, 0.4) is 0 Å². The van der Waals surface area contributed by atoms with Gasteiger partial charge in [-0.15, -0.1) is 11.8 Å². The van der Waals surface area contributed by atoms with Crippen LogP contribution in [0.15, 0.2) is 28.0 Å². The molecule has 0 bridgehead atoms. The number of carbonyl (C=O) groups excluding carboxylic acids is 1. The largest absolute Gasteiger partial charge is 0.493 e. The molecule has 0 fully saturated rings. The van der Waals surface area contributed by atoms with Crippen LogP contribution in [0.2, 0.25) is 0 Å². The molecule has 2 aromatic rings. The maximum atomic E-state index is 11.7. The number of benzene rings is 1. The van der Waals surface area contributed by atoms with Gasteiger partial charge in [-0.1, -0.05) is 17.4 Å². The van der Waals surface area contributed by atoms with Crippen LogP contribution in [0.4, 0.5) is 0 Å². The molecule has 0 saturated carbocycles. The standard InChI is InChI=1S/C15H15NO4S2/c1-19-10-4-3-8(5-11(10)20-2)12-9(6-17)7-21-14-13(12)22-15(18)16-14/h3-6,9,12H,7H2,1-2H3,(H,16,18)/t9-,12-/m0/s1. The highest BCUT2D eigenvalue weighted by molar-refractivity contribution is 7.99. The minimum Gasteiger partial charge on any atom is -0.493 e. The second kappa shape index (κ2) is 6.18. The number of thioether (sulfide) groups is 1. The zero-order valence-corrected chi connectivity index (χ0v) is 13.8. The molecule has 0 radical (unpaired) electrons. The number of aromatic nitrogens is 1. The molecule has 5 nitrogen and oxygen atoms in total. The van der Waals surface area contributed by atoms with Crippen molar-refractivity contribution in [3.05, 3.63) is 38.3 Å². The number of thiazole rings is 1. The third-order valence-corrected chi connectivity index (χ3v) is 5.97. The fourth-order valence-corrected chi connectivity index (χ4v) is 5.04. The molecule has 22 heavy (non-hydrogen) atoms. The van der Waals surface area contributed by atoms with E-state index < -0.39 is 0 Å². The van der Waals surface area contributed by atoms with Crippen molar-refractivity contribution in [1.82, 2.24) is 4.98 Å². The minimum absolute atomic E-state index is 0.0884. The monoisotopic (exact) mass is 337 g/mol. The van der Waals surface area contributed by atoms with Crippen LogP contribution in [0.25, 0.3) is 0 Å². The van der Waals surface area contributed by atoms with Crippen LogP contribution in [0.5, 0.6) is 11.5 Å². The fourth-order valence-electron chi connectivity index (χ4n) is 2.67. The van der Waals surface area contributed by atoms with E-state index in [1.807, 2.05) is 18.2 Å². The third-order valence-electron chi connectivity index (χ3n) is 3.71. The Morgan fingerprint density at radius 3 is 2.73 bits per heavy atom. The number of hydrogen-bond acceptors (Lipinski definition) is 6. The molecule has 0 aliphatic carbocycles. The molecule has 1 N–H and O–H groups in total. The van der Waals surface area contributed by atoms with E-state index in [9.17, 15) is 9.59 Å². The molecule has 0 saturated heterocycles. The summed E-state index contributed by atoms with van der Waals surface area (Å²) in [6.07, 6.45) is 0.974. The molecule has 0 unspecified atom stereocenters. The molecule has 7 heteroatoms. The van der Waals surface area contributed by atoms with E-state index >= 15 is 0 Å². The summed E-state index contributed by atoms with van der Waals surface area (Å²) in [4.78, 5) is 26.8. The molecule has 3 rings (SSSR count). The van der Waals surface area contributed by atoms with Crippen molar-refractivity contribution in [3.8, 4) is 11.5 Å². The van der Waals surface area contributed by atoms with E-state index in [1.165, 1.54) is 23.1 Å². The van der Waals surface area contributed by atoms with Gasteiger partial charge >= 0.3 is 4.87 Å². The maximum absolute atomic E-state index is 11.7. The van der Waals surface area contributed by atoms with Crippen molar-refractivity contribution in [1.29, 1.82) is 0 Å². The Balaban J connectivity index is 2.12. The Morgan fingerprint density at radius 1 is 1.27 bits per heavy atom. The molecular formula is C15H15NO4S2. The molecule has 2 heterocycles. The van der Waals surface area contributed by atoms with Crippen LogP contribution in [0, 0.1) is 5.92 Å². The quantitative estimate of drug-likeness (QED) is 0.868. The summed E-state index contributed by atoms with van der Waals surface area (Å²) in [5.41, 5.74) is 0.951. The van der Waals surface area contributed by atoms with Crippen molar-refractivity contribution in [3.63, 3.8) is 0 Å². The van der Waals surface area contributed by atoms with Gasteiger partial charge < -0.3 is 19.3 Å². The Bertz CT molecular complexity index is 752. The molecule has 1 aliphatic heterocycles. The minimum atomic E-state index is -0.165. The fraction of sp³-hybridized carbons (Fsp3) is 0.333. The van der Waals surface area contributed by atoms with Gasteiger partial charge in [0.1, 0.15) is 6.29 Å². The van der Waals surface area contributed by atoms with Gasteiger partial charge in [0.25, 0.3) is 0 Å². The highest BCUT2D eigenvalue weighted by atomic mass is 32.2. The van der Waals surface area contributed by atoms with Gasteiger partial charge in [0.15, 0.2) is 11.5 Å². The van der Waals surface area contributed by atoms with Crippen LogP contribution in [0.1, 0.15) is 16.4 Å². The second-order valence-electron chi connectivity index (χ2n) is 4.91. The normalized spacial score (nSPS) is 20.3. The third kappa shape index (κ3) is 2.55. The van der Waals surface area contributed by atoms with E-state index in [-0.39, 0.29) is 16.7 Å². The first-order valence-electron chi connectivity index (χ1n) is 6.71. The van der Waals surface area contributed by atoms with E-state index in [0.29, 0.717) is 17.3 Å². The van der Waals surface area contributed by atoms with Gasteiger partial charge in [-0.05, 0) is 17.7 Å². The molecular weight excluding hydrogens is 322 g/mol. The Labute approximate surface area is 135 Å². The lowest BCUT2D eigenvalue weighted by molar-refractivity contribution is -0.110. The SMILES string of the molecule is COc1ccc([C@@H]2c3sc(=O)[nH]c3SC[C@@H]2C=O)cc1OC. The number of H-pyrrole nitrogens is 1. The Kier molecular flexibility index (Phi) is 4.26. The molecule has 1 aromatic heterocycles. The highest BCUT2D eigenvalue weighted by Crippen LogP contribution is 2.45. The Morgan fingerprint density at radius 2 is 2.05 bits per heavy atom. The van der Waals surface area contributed by atoms with Gasteiger partial charge in [-0.2, -0.15) is 0 Å². The summed E-state index contributed by atoms with van der Waals surface area (Å²) in [5.74, 6) is 1.62. The lowest BCUT2D eigenvalue weighted by Crippen LogP contribution is -2.21. The summed E-state index contributed by atoms with van der Waals surface area (Å²) in [6.45, 7) is 0. The molecule has 116 valence electrons. The molecule has 1 aromatic carbocycles. The van der Waals surface area contributed by atoms with Crippen molar-refractivity contribution in [2.24, 2.45) is 5.92 Å². The average Bonchev–Trinajstić information content (AvgIpc) is 2.93. The molecule has 0 spiro atoms. The number of fused-ring (bicyclic) bond motifs is 1. The van der Waals surface area contributed by atoms with Crippen LogP contribution in [-0.2, 0) is 4.79 Å². The zero-order valence-electron chi connectivity index (χ0n) is 12.1. The zero-order chi connectivity index (χ0) is 15.7. The number of methoxy groups -OCH3 is 2. The van der Waals surface area contributed by atoms with Crippen LogP contribution in [-0.4, -0.2) is 31.2 Å². The summed E-state index contributed by atoms with van der Waals surface area (Å²) in [7, 11) is 3.16. The van der Waals surface area contributed by atoms with Crippen molar-refractivity contribution < 1.29 is 14.3 Å². The first-order valence-corrected chi connectivity index (χ1v) is 8.51. The smallest absolute Gasteiger partial charge is 0.305 e. The number of aromatic amines is 1. The van der Waals surface area contributed by atoms with Gasteiger partial charge in [0, 0.05) is 22.5 Å². The van der Waals surface area contributed by atoms with Gasteiger partial charge in [-0.3, -0.25) is 4.79 Å². The molecule has 1 aliphatic rings. The van der Waals surface area contributed by atoms with Crippen molar-refractivity contribution in [2.45, 2.75) is 10.9 Å². The van der Waals surface area contributed by atoms with Crippen molar-refractivity contribution in [2.75, 3.05) is 20.0 Å². The number of rotatable bonds is 4. The second-order valence-corrected chi connectivity index (χ2v) is 6.96. The number of carbonyl (C=O) groups is 1. The highest BCUT2D eigenvalue weighted by Gasteiger charge is 2.34. The number of nitrogens with one attached hydrogen (secondary N) is 1. The predicted molar refractivity (Wildman–Crippen MR) is 86.6 cm³/mol. The van der Waals surface area contributed by atoms with E-state index in [2.05, 4.69) is 4.98 Å². The average molecular weight is 337 g/mol. The van der Waals surface area contributed by atoms with E-state index in [1.54, 1.807) is 14.2 Å². The first-order chi connectivity index (χ1) is 10.7. The molecule has 0 amide bonds. The number of aldehydes is 1. The van der Waals surface area contributed by atoms with Crippen LogP contribution < -0.4 is 14.3 Å². The Hall–Kier alpha value is -1.73. The van der Waals surface area contributed by atoms with E-state index in [0.717, 1.165) is 21.8 Å². The number of ether oxygens (including phenoxy) is 2. The maximum Gasteiger partial charge on any atom is 0.305 e. The summed E-state index contributed by atoms with van der Waals surface area (Å²) in [6, 6.07) is 5.63. The predicted octanol–water partition coefficient (Wildman–Crippen LogP) is 2.51. The topological polar surface area (TPSA) is 68.4 Å². The lowest BCUT2D eigenvalue weighted by Gasteiger charge is -2.27. The summed E-state index contributed by atoms with van der Waals surface area (Å²) in [5, 5.41) is 0.868. The van der Waals surface area contributed by atoms with Crippen LogP contribution >= 0.6 is 23.1 Å². The first kappa shape index (κ1) is 15.2. The van der Waals surface area contributed by atoms with Gasteiger partial charge in [0.2, 0.25) is 0 Å². The summed E-state index contributed by atoms with van der Waals surface area (Å²) >= 11 is 2.70. The molecule has 2 atom stereocenters. The van der Waals surface area contributed by atoms with Gasteiger partial charge in [-0.25, -0.2) is 0 Å². The van der Waals surface area contributed by atoms with Crippen molar-refractivity contribution >= 4 is 29.4 Å². The van der Waals surface area contributed by atoms with Gasteiger partial charge in [0.05, 0.1) is 19.2 Å². The summed E-state index contributed by atoms with van der Waals surface area (Å²) < 4.78 is 10.6. The number of hydrogen-bond donors (Lipinski definition) is 1.